The minimum atomic E-state index is 0. The van der Waals surface area contributed by atoms with Gasteiger partial charge in [-0.2, -0.15) is 0 Å². The number of hydrogen-bond donors (Lipinski definition) is 1. The molecular formula is C23H31Cl2N3O4. The van der Waals surface area contributed by atoms with Crippen molar-refractivity contribution in [3.05, 3.63) is 47.5 Å². The Kier molecular flexibility index (Phi) is 9.46. The van der Waals surface area contributed by atoms with Crippen LogP contribution in [0.15, 0.2) is 36.4 Å². The smallest absolute Gasteiger partial charge is 0.254 e. The third kappa shape index (κ3) is 5.41. The summed E-state index contributed by atoms with van der Waals surface area (Å²) in [4.78, 5) is 17.5. The Morgan fingerprint density at radius 3 is 2.34 bits per heavy atom. The molecule has 9 heteroatoms. The molecule has 2 saturated heterocycles. The maximum atomic E-state index is 13.1. The number of nitrogens with zero attached hydrogens (tertiary/aromatic N) is 2. The molecule has 2 heterocycles. The average molecular weight is 484 g/mol. The molecule has 0 aromatic heterocycles. The number of hydrogen-bond acceptors (Lipinski definition) is 6. The van der Waals surface area contributed by atoms with Crippen molar-refractivity contribution in [2.24, 2.45) is 5.73 Å². The van der Waals surface area contributed by atoms with Crippen LogP contribution in [0.3, 0.4) is 0 Å². The van der Waals surface area contributed by atoms with Crippen LogP contribution in [0.25, 0.3) is 0 Å². The highest BCUT2D eigenvalue weighted by Crippen LogP contribution is 2.37. The molecule has 2 N–H and O–H groups in total. The highest BCUT2D eigenvalue weighted by atomic mass is 35.5. The SMILES string of the molecule is COc1cc(CN)ccc1Oc1ccc(C(=O)N2CCN3CCCC3C2)cc1OC.Cl.Cl. The Bertz CT molecular complexity index is 928. The number of amides is 1. The molecular weight excluding hydrogens is 453 g/mol. The van der Waals surface area contributed by atoms with E-state index in [0.29, 0.717) is 41.1 Å². The van der Waals surface area contributed by atoms with Gasteiger partial charge in [0.2, 0.25) is 0 Å². The summed E-state index contributed by atoms with van der Waals surface area (Å²) in [6.45, 7) is 4.09. The first-order valence-corrected chi connectivity index (χ1v) is 10.4. The van der Waals surface area contributed by atoms with Gasteiger partial charge in [-0.15, -0.1) is 24.8 Å². The summed E-state index contributed by atoms with van der Waals surface area (Å²) in [5.41, 5.74) is 7.26. The number of nitrogens with two attached hydrogens (primary N) is 1. The molecule has 32 heavy (non-hydrogen) atoms. The Hall–Kier alpha value is -2.19. The number of benzene rings is 2. The van der Waals surface area contributed by atoms with Gasteiger partial charge in [0.1, 0.15) is 0 Å². The Morgan fingerprint density at radius 1 is 0.969 bits per heavy atom. The van der Waals surface area contributed by atoms with E-state index in [1.54, 1.807) is 32.4 Å². The molecule has 1 unspecified atom stereocenters. The van der Waals surface area contributed by atoms with E-state index >= 15 is 0 Å². The molecule has 0 spiro atoms. The number of carbonyl (C=O) groups is 1. The van der Waals surface area contributed by atoms with E-state index in [9.17, 15) is 4.79 Å². The monoisotopic (exact) mass is 483 g/mol. The van der Waals surface area contributed by atoms with Crippen molar-refractivity contribution in [1.82, 2.24) is 9.80 Å². The second kappa shape index (κ2) is 11.6. The number of halogens is 2. The van der Waals surface area contributed by atoms with Crippen molar-refractivity contribution in [3.63, 3.8) is 0 Å². The van der Waals surface area contributed by atoms with Crippen molar-refractivity contribution in [2.75, 3.05) is 40.4 Å². The molecule has 176 valence electrons. The fraction of sp³-hybridized carbons (Fsp3) is 0.435. The summed E-state index contributed by atoms with van der Waals surface area (Å²) in [6, 6.07) is 11.4. The molecule has 1 atom stereocenters. The molecule has 2 aliphatic rings. The van der Waals surface area contributed by atoms with E-state index in [0.717, 1.165) is 31.7 Å². The lowest BCUT2D eigenvalue weighted by Crippen LogP contribution is -2.52. The lowest BCUT2D eigenvalue weighted by Gasteiger charge is -2.37. The summed E-state index contributed by atoms with van der Waals surface area (Å²) in [7, 11) is 3.16. The number of carbonyl (C=O) groups excluding carboxylic acids is 1. The molecule has 1 amide bonds. The highest BCUT2D eigenvalue weighted by Gasteiger charge is 2.33. The molecule has 2 aliphatic heterocycles. The first-order chi connectivity index (χ1) is 14.6. The molecule has 2 fully saturated rings. The van der Waals surface area contributed by atoms with Gasteiger partial charge in [0.15, 0.2) is 23.0 Å². The van der Waals surface area contributed by atoms with Crippen LogP contribution in [-0.4, -0.2) is 62.1 Å². The van der Waals surface area contributed by atoms with Gasteiger partial charge in [-0.3, -0.25) is 9.69 Å². The minimum absolute atomic E-state index is 0. The zero-order valence-electron chi connectivity index (χ0n) is 18.4. The van der Waals surface area contributed by atoms with Gasteiger partial charge < -0.3 is 24.8 Å². The van der Waals surface area contributed by atoms with Gasteiger partial charge in [-0.1, -0.05) is 6.07 Å². The van der Waals surface area contributed by atoms with E-state index in [4.69, 9.17) is 19.9 Å². The highest BCUT2D eigenvalue weighted by molar-refractivity contribution is 5.95. The number of ether oxygens (including phenoxy) is 3. The normalized spacial score (nSPS) is 17.6. The van der Waals surface area contributed by atoms with Gasteiger partial charge in [0, 0.05) is 37.8 Å². The lowest BCUT2D eigenvalue weighted by atomic mass is 10.1. The predicted molar refractivity (Wildman–Crippen MR) is 129 cm³/mol. The van der Waals surface area contributed by atoms with Crippen LogP contribution in [0, 0.1) is 0 Å². The number of rotatable bonds is 6. The average Bonchev–Trinajstić information content (AvgIpc) is 3.27. The third-order valence-electron chi connectivity index (χ3n) is 5.97. The molecule has 7 nitrogen and oxygen atoms in total. The first kappa shape index (κ1) is 26.1. The predicted octanol–water partition coefficient (Wildman–Crippen LogP) is 3.72. The maximum absolute atomic E-state index is 13.1. The lowest BCUT2D eigenvalue weighted by molar-refractivity contribution is 0.0571. The van der Waals surface area contributed by atoms with Crippen LogP contribution in [-0.2, 0) is 6.54 Å². The quantitative estimate of drug-likeness (QED) is 0.674. The Labute approximate surface area is 201 Å². The van der Waals surface area contributed by atoms with E-state index < -0.39 is 0 Å². The van der Waals surface area contributed by atoms with Crippen molar-refractivity contribution in [1.29, 1.82) is 0 Å². The minimum Gasteiger partial charge on any atom is -0.493 e. The van der Waals surface area contributed by atoms with Crippen LogP contribution < -0.4 is 19.9 Å². The van der Waals surface area contributed by atoms with Crippen molar-refractivity contribution in [3.8, 4) is 23.0 Å². The zero-order valence-corrected chi connectivity index (χ0v) is 20.0. The van der Waals surface area contributed by atoms with Gasteiger partial charge in [0.05, 0.1) is 14.2 Å². The van der Waals surface area contributed by atoms with Crippen molar-refractivity contribution in [2.45, 2.75) is 25.4 Å². The topological polar surface area (TPSA) is 77.3 Å². The van der Waals surface area contributed by atoms with E-state index in [2.05, 4.69) is 4.90 Å². The third-order valence-corrected chi connectivity index (χ3v) is 5.97. The van der Waals surface area contributed by atoms with Crippen molar-refractivity contribution >= 4 is 30.7 Å². The molecule has 0 saturated carbocycles. The van der Waals surface area contributed by atoms with E-state index in [1.165, 1.54) is 12.8 Å². The largest absolute Gasteiger partial charge is 0.493 e. The second-order valence-corrected chi connectivity index (χ2v) is 7.74. The molecule has 0 aliphatic carbocycles. The summed E-state index contributed by atoms with van der Waals surface area (Å²) >= 11 is 0. The van der Waals surface area contributed by atoms with Crippen LogP contribution >= 0.6 is 24.8 Å². The number of piperazine rings is 1. The summed E-state index contributed by atoms with van der Waals surface area (Å²) in [5.74, 6) is 2.22. The van der Waals surface area contributed by atoms with Crippen LogP contribution in [0.2, 0.25) is 0 Å². The number of methoxy groups -OCH3 is 2. The standard InChI is InChI=1S/C23H29N3O4.2ClH/c1-28-21-12-16(14-24)5-7-19(21)30-20-8-6-17(13-22(20)29-2)23(27)26-11-10-25-9-3-4-18(25)15-26;;/h5-8,12-13,18H,3-4,9-11,14-15,24H2,1-2H3;2*1H. The van der Waals surface area contributed by atoms with Crippen LogP contribution in [0.5, 0.6) is 23.0 Å². The van der Waals surface area contributed by atoms with Gasteiger partial charge in [0.25, 0.3) is 5.91 Å². The summed E-state index contributed by atoms with van der Waals surface area (Å²) in [5, 5.41) is 0. The first-order valence-electron chi connectivity index (χ1n) is 10.4. The summed E-state index contributed by atoms with van der Waals surface area (Å²) < 4.78 is 17.0. The fourth-order valence-electron chi connectivity index (χ4n) is 4.28. The summed E-state index contributed by atoms with van der Waals surface area (Å²) in [6.07, 6.45) is 2.40. The van der Waals surface area contributed by atoms with E-state index in [-0.39, 0.29) is 30.7 Å². The maximum Gasteiger partial charge on any atom is 0.254 e. The van der Waals surface area contributed by atoms with Gasteiger partial charge in [-0.25, -0.2) is 0 Å². The van der Waals surface area contributed by atoms with Crippen LogP contribution in [0.4, 0.5) is 0 Å². The van der Waals surface area contributed by atoms with Gasteiger partial charge >= 0.3 is 0 Å². The fourth-order valence-corrected chi connectivity index (χ4v) is 4.28. The number of fused-ring (bicyclic) bond motifs is 1. The Balaban J connectivity index is 0.00000181. The molecule has 2 aromatic rings. The molecule has 2 aromatic carbocycles. The van der Waals surface area contributed by atoms with E-state index in [1.807, 2.05) is 23.1 Å². The van der Waals surface area contributed by atoms with Crippen LogP contribution in [0.1, 0.15) is 28.8 Å². The molecule has 0 radical (unpaired) electrons. The Morgan fingerprint density at radius 2 is 1.66 bits per heavy atom. The second-order valence-electron chi connectivity index (χ2n) is 7.74. The zero-order chi connectivity index (χ0) is 21.1. The molecule has 4 rings (SSSR count). The van der Waals surface area contributed by atoms with Crippen molar-refractivity contribution < 1.29 is 19.0 Å². The van der Waals surface area contributed by atoms with Gasteiger partial charge in [-0.05, 0) is 55.3 Å². The molecule has 0 bridgehead atoms.